The van der Waals surface area contributed by atoms with Crippen LogP contribution in [0, 0.1) is 0 Å². The van der Waals surface area contributed by atoms with Crippen molar-refractivity contribution in [2.75, 3.05) is 12.3 Å². The molecule has 0 saturated carbocycles. The molecule has 1 unspecified atom stereocenters. The predicted molar refractivity (Wildman–Crippen MR) is 62.3 cm³/mol. The van der Waals surface area contributed by atoms with E-state index >= 15 is 0 Å². The lowest BCUT2D eigenvalue weighted by Crippen LogP contribution is -2.28. The molecule has 1 atom stereocenters. The van der Waals surface area contributed by atoms with Gasteiger partial charge in [-0.25, -0.2) is 0 Å². The molecule has 2 nitrogen and oxygen atoms in total. The molecule has 1 aliphatic heterocycles. The molecule has 0 bridgehead atoms. The molecule has 4 heteroatoms. The van der Waals surface area contributed by atoms with Crippen molar-refractivity contribution in [2.24, 2.45) is 0 Å². The zero-order valence-corrected chi connectivity index (χ0v) is 9.24. The highest BCUT2D eigenvalue weighted by atomic mass is 35.5. The number of hydrogen-bond acceptors (Lipinski definition) is 3. The summed E-state index contributed by atoms with van der Waals surface area (Å²) in [6.45, 7) is 0.938. The smallest absolute Gasteiger partial charge is 0.189 e. The van der Waals surface area contributed by atoms with E-state index in [1.54, 1.807) is 11.8 Å². The summed E-state index contributed by atoms with van der Waals surface area (Å²) in [6.07, 6.45) is 0. The number of ketones is 1. The van der Waals surface area contributed by atoms with Crippen molar-refractivity contribution in [3.63, 3.8) is 0 Å². The topological polar surface area (TPSA) is 29.1 Å². The molecule has 2 rings (SSSR count). The Balaban J connectivity index is 0.000000980. The van der Waals surface area contributed by atoms with Crippen molar-refractivity contribution in [1.29, 1.82) is 0 Å². The molecule has 1 fully saturated rings. The van der Waals surface area contributed by atoms with Gasteiger partial charge >= 0.3 is 0 Å². The summed E-state index contributed by atoms with van der Waals surface area (Å²) in [5, 5.41) is 3.14. The van der Waals surface area contributed by atoms with Crippen molar-refractivity contribution in [1.82, 2.24) is 5.32 Å². The maximum atomic E-state index is 11.8. The first kappa shape index (κ1) is 11.6. The molecule has 1 aromatic rings. The molecular weight excluding hydrogens is 218 g/mol. The third-order valence-corrected chi connectivity index (χ3v) is 3.17. The Kier molecular flexibility index (Phi) is 4.45. The van der Waals surface area contributed by atoms with Crippen molar-refractivity contribution >= 4 is 30.0 Å². The number of halogens is 1. The van der Waals surface area contributed by atoms with Gasteiger partial charge in [0.2, 0.25) is 0 Å². The van der Waals surface area contributed by atoms with Gasteiger partial charge in [0.25, 0.3) is 0 Å². The van der Waals surface area contributed by atoms with E-state index in [0.29, 0.717) is 0 Å². The van der Waals surface area contributed by atoms with Gasteiger partial charge in [0.1, 0.15) is 5.37 Å². The van der Waals surface area contributed by atoms with Crippen LogP contribution in [-0.4, -0.2) is 23.5 Å². The third-order valence-electron chi connectivity index (χ3n) is 2.01. The van der Waals surface area contributed by atoms with Crippen LogP contribution in [0.15, 0.2) is 30.3 Å². The quantitative estimate of drug-likeness (QED) is 0.787. The molecule has 1 aliphatic rings. The maximum absolute atomic E-state index is 11.8. The largest absolute Gasteiger partial charge is 0.298 e. The van der Waals surface area contributed by atoms with Crippen LogP contribution in [0.2, 0.25) is 0 Å². The Morgan fingerprint density at radius 2 is 2.07 bits per heavy atom. The second kappa shape index (κ2) is 5.39. The number of thioether (sulfide) groups is 1. The van der Waals surface area contributed by atoms with E-state index in [1.165, 1.54) is 0 Å². The van der Waals surface area contributed by atoms with Gasteiger partial charge in [0.15, 0.2) is 5.78 Å². The van der Waals surface area contributed by atoms with Gasteiger partial charge in [-0.2, -0.15) is 0 Å². The first-order valence-electron chi connectivity index (χ1n) is 4.32. The van der Waals surface area contributed by atoms with Gasteiger partial charge in [0.05, 0.1) is 0 Å². The fourth-order valence-electron chi connectivity index (χ4n) is 1.35. The van der Waals surface area contributed by atoms with E-state index in [2.05, 4.69) is 5.32 Å². The maximum Gasteiger partial charge on any atom is 0.189 e. The molecule has 0 amide bonds. The van der Waals surface area contributed by atoms with Crippen LogP contribution in [0.25, 0.3) is 0 Å². The summed E-state index contributed by atoms with van der Waals surface area (Å²) in [5.41, 5.74) is 0.800. The highest BCUT2D eigenvalue weighted by molar-refractivity contribution is 8.00. The monoisotopic (exact) mass is 229 g/mol. The number of benzene rings is 1. The lowest BCUT2D eigenvalue weighted by Gasteiger charge is -2.07. The summed E-state index contributed by atoms with van der Waals surface area (Å²) in [6, 6.07) is 9.44. The Morgan fingerprint density at radius 1 is 1.36 bits per heavy atom. The molecule has 0 aromatic heterocycles. The Hall–Kier alpha value is -0.510. The van der Waals surface area contributed by atoms with Crippen molar-refractivity contribution in [3.8, 4) is 0 Å². The average Bonchev–Trinajstić information content (AvgIpc) is 2.71. The van der Waals surface area contributed by atoms with Crippen LogP contribution >= 0.6 is 24.2 Å². The zero-order chi connectivity index (χ0) is 9.10. The number of carbonyl (C=O) groups is 1. The molecule has 14 heavy (non-hydrogen) atoms. The van der Waals surface area contributed by atoms with E-state index in [-0.39, 0.29) is 23.6 Å². The van der Waals surface area contributed by atoms with Gasteiger partial charge in [-0.1, -0.05) is 30.3 Å². The van der Waals surface area contributed by atoms with Gasteiger partial charge < -0.3 is 0 Å². The Bertz CT molecular complexity index is 298. The minimum absolute atomic E-state index is 0. The second-order valence-corrected chi connectivity index (χ2v) is 4.15. The van der Waals surface area contributed by atoms with Gasteiger partial charge in [-0.3, -0.25) is 10.1 Å². The predicted octanol–water partition coefficient (Wildman–Crippen LogP) is 1.95. The lowest BCUT2D eigenvalue weighted by atomic mass is 10.1. The normalized spacial score (nSPS) is 20.1. The summed E-state index contributed by atoms with van der Waals surface area (Å²) >= 11 is 1.68. The molecule has 1 saturated heterocycles. The van der Waals surface area contributed by atoms with E-state index in [1.807, 2.05) is 30.3 Å². The van der Waals surface area contributed by atoms with Crippen LogP contribution in [0.3, 0.4) is 0 Å². The molecule has 76 valence electrons. The van der Waals surface area contributed by atoms with Crippen LogP contribution in [0.5, 0.6) is 0 Å². The highest BCUT2D eigenvalue weighted by Gasteiger charge is 2.23. The lowest BCUT2D eigenvalue weighted by molar-refractivity contribution is 0.0982. The molecule has 1 N–H and O–H groups in total. The first-order valence-corrected chi connectivity index (χ1v) is 5.37. The number of rotatable bonds is 2. The van der Waals surface area contributed by atoms with Crippen LogP contribution < -0.4 is 5.32 Å². The van der Waals surface area contributed by atoms with Gasteiger partial charge in [-0.05, 0) is 0 Å². The van der Waals surface area contributed by atoms with E-state index in [4.69, 9.17) is 0 Å². The van der Waals surface area contributed by atoms with E-state index < -0.39 is 0 Å². The fraction of sp³-hybridized carbons (Fsp3) is 0.300. The van der Waals surface area contributed by atoms with Crippen LogP contribution in [-0.2, 0) is 0 Å². The van der Waals surface area contributed by atoms with Gasteiger partial charge in [0, 0.05) is 17.9 Å². The Labute approximate surface area is 93.9 Å². The second-order valence-electron chi connectivity index (χ2n) is 2.94. The minimum Gasteiger partial charge on any atom is -0.298 e. The van der Waals surface area contributed by atoms with E-state index in [9.17, 15) is 4.79 Å². The van der Waals surface area contributed by atoms with Crippen molar-refractivity contribution in [2.45, 2.75) is 5.37 Å². The van der Waals surface area contributed by atoms with E-state index in [0.717, 1.165) is 17.9 Å². The molecule has 0 radical (unpaired) electrons. The highest BCUT2D eigenvalue weighted by Crippen LogP contribution is 2.18. The SMILES string of the molecule is Cl.O=C(c1ccccc1)C1NCCS1. The summed E-state index contributed by atoms with van der Waals surface area (Å²) < 4.78 is 0. The summed E-state index contributed by atoms with van der Waals surface area (Å²) in [7, 11) is 0. The number of nitrogens with one attached hydrogen (secondary N) is 1. The number of hydrogen-bond donors (Lipinski definition) is 1. The average molecular weight is 230 g/mol. The third kappa shape index (κ3) is 2.50. The van der Waals surface area contributed by atoms with Crippen LogP contribution in [0.1, 0.15) is 10.4 Å². The Morgan fingerprint density at radius 3 is 2.64 bits per heavy atom. The fourth-order valence-corrected chi connectivity index (χ4v) is 2.34. The standard InChI is InChI=1S/C10H11NOS.ClH/c12-9(10-11-6-7-13-10)8-4-2-1-3-5-8;/h1-5,10-11H,6-7H2;1H. The van der Waals surface area contributed by atoms with Crippen LogP contribution in [0.4, 0.5) is 0 Å². The summed E-state index contributed by atoms with van der Waals surface area (Å²) in [5.74, 6) is 1.23. The summed E-state index contributed by atoms with van der Waals surface area (Å²) in [4.78, 5) is 11.8. The molecule has 1 heterocycles. The molecule has 1 aromatic carbocycles. The number of carbonyl (C=O) groups excluding carboxylic acids is 1. The number of Topliss-reactive ketones (excluding diaryl/α,β-unsaturated/α-hetero) is 1. The van der Waals surface area contributed by atoms with Crippen molar-refractivity contribution < 1.29 is 4.79 Å². The molecular formula is C10H12ClNOS. The first-order chi connectivity index (χ1) is 6.38. The van der Waals surface area contributed by atoms with Crippen molar-refractivity contribution in [3.05, 3.63) is 35.9 Å². The molecule has 0 aliphatic carbocycles. The minimum atomic E-state index is -0.0256. The molecule has 0 spiro atoms. The zero-order valence-electron chi connectivity index (χ0n) is 7.60. The van der Waals surface area contributed by atoms with Gasteiger partial charge in [-0.15, -0.1) is 24.2 Å².